The predicted molar refractivity (Wildman–Crippen MR) is 68.9 cm³/mol. The van der Waals surface area contributed by atoms with Crippen LogP contribution in [-0.2, 0) is 14.3 Å². The number of ether oxygens (including phenoxy) is 1. The lowest BCUT2D eigenvalue weighted by molar-refractivity contribution is -0.153. The first-order valence-electron chi connectivity index (χ1n) is 6.89. The van der Waals surface area contributed by atoms with Crippen LogP contribution >= 0.6 is 0 Å². The summed E-state index contributed by atoms with van der Waals surface area (Å²) in [5, 5.41) is 8.65. The largest absolute Gasteiger partial charge is 0.481 e. The zero-order chi connectivity index (χ0) is 13.9. The molecular formula is C13H22N2O4. The summed E-state index contributed by atoms with van der Waals surface area (Å²) in [6.45, 7) is 5.92. The summed E-state index contributed by atoms with van der Waals surface area (Å²) in [6, 6.07) is 0. The van der Waals surface area contributed by atoms with Crippen molar-refractivity contribution in [3.05, 3.63) is 0 Å². The zero-order valence-electron chi connectivity index (χ0n) is 11.4. The maximum Gasteiger partial charge on any atom is 0.304 e. The SMILES string of the molecule is CC1(C(=O)N2CCN(CCC(=O)O)CC2)CCCO1. The highest BCUT2D eigenvalue weighted by molar-refractivity contribution is 5.85. The zero-order valence-corrected chi connectivity index (χ0v) is 11.4. The standard InChI is InChI=1S/C13H22N2O4/c1-13(4-2-10-19-13)12(18)15-8-6-14(7-9-15)5-3-11(16)17/h2-10H2,1H3,(H,16,17). The molecule has 2 saturated heterocycles. The molecule has 0 aromatic carbocycles. The quantitative estimate of drug-likeness (QED) is 0.789. The van der Waals surface area contributed by atoms with E-state index in [1.54, 1.807) is 0 Å². The Bertz CT molecular complexity index is 345. The van der Waals surface area contributed by atoms with Gasteiger partial charge in [-0.1, -0.05) is 0 Å². The van der Waals surface area contributed by atoms with Gasteiger partial charge in [0.2, 0.25) is 0 Å². The van der Waals surface area contributed by atoms with Crippen molar-refractivity contribution in [1.82, 2.24) is 9.80 Å². The number of carbonyl (C=O) groups is 2. The molecule has 0 aromatic heterocycles. The van der Waals surface area contributed by atoms with Crippen molar-refractivity contribution in [3.8, 4) is 0 Å². The van der Waals surface area contributed by atoms with E-state index in [0.29, 0.717) is 26.2 Å². The van der Waals surface area contributed by atoms with Crippen molar-refractivity contribution in [3.63, 3.8) is 0 Å². The number of carbonyl (C=O) groups excluding carboxylic acids is 1. The summed E-state index contributed by atoms with van der Waals surface area (Å²) in [5.41, 5.74) is -0.636. The van der Waals surface area contributed by atoms with E-state index in [-0.39, 0.29) is 12.3 Å². The van der Waals surface area contributed by atoms with Gasteiger partial charge in [0, 0.05) is 39.3 Å². The van der Waals surface area contributed by atoms with Gasteiger partial charge in [-0.15, -0.1) is 0 Å². The van der Waals surface area contributed by atoms with E-state index in [2.05, 4.69) is 4.90 Å². The molecule has 1 unspecified atom stereocenters. The normalized spacial score (nSPS) is 28.6. The fraction of sp³-hybridized carbons (Fsp3) is 0.846. The first-order valence-corrected chi connectivity index (χ1v) is 6.89. The lowest BCUT2D eigenvalue weighted by Crippen LogP contribution is -2.54. The highest BCUT2D eigenvalue weighted by atomic mass is 16.5. The molecule has 1 amide bonds. The molecule has 0 aromatic rings. The van der Waals surface area contributed by atoms with E-state index in [1.165, 1.54) is 0 Å². The molecule has 1 N–H and O–H groups in total. The second kappa shape index (κ2) is 5.88. The highest BCUT2D eigenvalue weighted by Gasteiger charge is 2.41. The van der Waals surface area contributed by atoms with Crippen LogP contribution in [0.5, 0.6) is 0 Å². The molecule has 2 rings (SSSR count). The topological polar surface area (TPSA) is 70.1 Å². The number of rotatable bonds is 4. The third-order valence-electron chi connectivity index (χ3n) is 3.97. The van der Waals surface area contributed by atoms with Crippen LogP contribution in [0.2, 0.25) is 0 Å². The Labute approximate surface area is 113 Å². The predicted octanol–water partition coefficient (Wildman–Crippen LogP) is 0.174. The molecule has 1 atom stereocenters. The van der Waals surface area contributed by atoms with Gasteiger partial charge in [0.1, 0.15) is 5.60 Å². The number of piperazine rings is 1. The van der Waals surface area contributed by atoms with Gasteiger partial charge in [-0.2, -0.15) is 0 Å². The van der Waals surface area contributed by atoms with Crippen LogP contribution in [0, 0.1) is 0 Å². The molecule has 2 aliphatic heterocycles. The Balaban J connectivity index is 1.79. The van der Waals surface area contributed by atoms with Gasteiger partial charge in [0.05, 0.1) is 6.42 Å². The van der Waals surface area contributed by atoms with Crippen molar-refractivity contribution in [1.29, 1.82) is 0 Å². The third kappa shape index (κ3) is 3.45. The molecule has 0 bridgehead atoms. The van der Waals surface area contributed by atoms with Gasteiger partial charge >= 0.3 is 5.97 Å². The maximum absolute atomic E-state index is 12.4. The molecule has 0 radical (unpaired) electrons. The van der Waals surface area contributed by atoms with Gasteiger partial charge in [-0.3, -0.25) is 14.5 Å². The van der Waals surface area contributed by atoms with Crippen molar-refractivity contribution < 1.29 is 19.4 Å². The van der Waals surface area contributed by atoms with Gasteiger partial charge < -0.3 is 14.7 Å². The number of nitrogens with zero attached hydrogens (tertiary/aromatic N) is 2. The Morgan fingerprint density at radius 2 is 1.95 bits per heavy atom. The molecule has 2 aliphatic rings. The first-order chi connectivity index (χ1) is 9.01. The number of carboxylic acid groups (broad SMARTS) is 1. The summed E-state index contributed by atoms with van der Waals surface area (Å²) >= 11 is 0. The van der Waals surface area contributed by atoms with Crippen LogP contribution in [0.1, 0.15) is 26.2 Å². The Morgan fingerprint density at radius 3 is 2.47 bits per heavy atom. The van der Waals surface area contributed by atoms with Crippen LogP contribution in [0.15, 0.2) is 0 Å². The minimum absolute atomic E-state index is 0.0860. The maximum atomic E-state index is 12.4. The fourth-order valence-corrected chi connectivity index (χ4v) is 2.71. The molecule has 2 heterocycles. The minimum atomic E-state index is -0.773. The molecular weight excluding hydrogens is 248 g/mol. The van der Waals surface area contributed by atoms with Gasteiger partial charge in [0.25, 0.3) is 5.91 Å². The summed E-state index contributed by atoms with van der Waals surface area (Å²) in [4.78, 5) is 26.8. The fourth-order valence-electron chi connectivity index (χ4n) is 2.71. The molecule has 6 nitrogen and oxygen atoms in total. The monoisotopic (exact) mass is 270 g/mol. The van der Waals surface area contributed by atoms with Gasteiger partial charge in [0.15, 0.2) is 0 Å². The molecule has 0 spiro atoms. The number of hydrogen-bond acceptors (Lipinski definition) is 4. The molecule has 0 aliphatic carbocycles. The smallest absolute Gasteiger partial charge is 0.304 e. The molecule has 19 heavy (non-hydrogen) atoms. The molecule has 108 valence electrons. The van der Waals surface area contributed by atoms with Gasteiger partial charge in [-0.05, 0) is 19.8 Å². The average Bonchev–Trinajstić information content (AvgIpc) is 2.84. The number of amides is 1. The molecule has 2 fully saturated rings. The van der Waals surface area contributed by atoms with E-state index < -0.39 is 11.6 Å². The second-order valence-corrected chi connectivity index (χ2v) is 5.46. The lowest BCUT2D eigenvalue weighted by atomic mass is 10.0. The number of hydrogen-bond donors (Lipinski definition) is 1. The summed E-state index contributed by atoms with van der Waals surface area (Å²) in [6.07, 6.45) is 1.90. The Morgan fingerprint density at radius 1 is 1.26 bits per heavy atom. The van der Waals surface area contributed by atoms with Crippen LogP contribution in [0.25, 0.3) is 0 Å². The Hall–Kier alpha value is -1.14. The third-order valence-corrected chi connectivity index (χ3v) is 3.97. The van der Waals surface area contributed by atoms with E-state index >= 15 is 0 Å². The van der Waals surface area contributed by atoms with E-state index in [9.17, 15) is 9.59 Å². The van der Waals surface area contributed by atoms with Crippen LogP contribution in [0.3, 0.4) is 0 Å². The van der Waals surface area contributed by atoms with E-state index in [1.807, 2.05) is 11.8 Å². The van der Waals surface area contributed by atoms with Gasteiger partial charge in [-0.25, -0.2) is 0 Å². The summed E-state index contributed by atoms with van der Waals surface area (Å²) < 4.78 is 5.58. The summed E-state index contributed by atoms with van der Waals surface area (Å²) in [7, 11) is 0. The average molecular weight is 270 g/mol. The van der Waals surface area contributed by atoms with Crippen molar-refractivity contribution >= 4 is 11.9 Å². The van der Waals surface area contributed by atoms with Crippen LogP contribution in [-0.4, -0.2) is 71.7 Å². The minimum Gasteiger partial charge on any atom is -0.481 e. The van der Waals surface area contributed by atoms with Crippen molar-refractivity contribution in [2.24, 2.45) is 0 Å². The highest BCUT2D eigenvalue weighted by Crippen LogP contribution is 2.27. The molecule has 0 saturated carbocycles. The van der Waals surface area contributed by atoms with Crippen molar-refractivity contribution in [2.75, 3.05) is 39.3 Å². The number of aliphatic carboxylic acids is 1. The Kier molecular flexibility index (Phi) is 4.42. The van der Waals surface area contributed by atoms with Crippen LogP contribution in [0.4, 0.5) is 0 Å². The molecule has 6 heteroatoms. The van der Waals surface area contributed by atoms with E-state index in [4.69, 9.17) is 9.84 Å². The first kappa shape index (κ1) is 14.3. The van der Waals surface area contributed by atoms with E-state index in [0.717, 1.165) is 25.9 Å². The summed E-state index contributed by atoms with van der Waals surface area (Å²) in [5.74, 6) is -0.687. The number of carboxylic acids is 1. The van der Waals surface area contributed by atoms with Crippen LogP contribution < -0.4 is 0 Å². The van der Waals surface area contributed by atoms with Crippen molar-refractivity contribution in [2.45, 2.75) is 31.8 Å². The second-order valence-electron chi connectivity index (χ2n) is 5.46. The lowest BCUT2D eigenvalue weighted by Gasteiger charge is -2.38.